The van der Waals surface area contributed by atoms with E-state index in [0.29, 0.717) is 13.0 Å². The number of nitriles is 1. The Morgan fingerprint density at radius 1 is 1.62 bits per heavy atom. The monoisotopic (exact) mass is 186 g/mol. The predicted molar refractivity (Wildman–Crippen MR) is 50.2 cm³/mol. The molecule has 2 atom stereocenters. The van der Waals surface area contributed by atoms with E-state index in [9.17, 15) is 0 Å². The molecule has 0 aliphatic heterocycles. The first-order valence-corrected chi connectivity index (χ1v) is 4.53. The van der Waals surface area contributed by atoms with Crippen molar-refractivity contribution >= 4 is 0 Å². The molecular weight excluding hydrogens is 168 g/mol. The quantitative estimate of drug-likeness (QED) is 0.599. The molecule has 76 valence electrons. The van der Waals surface area contributed by atoms with Gasteiger partial charge in [0, 0.05) is 19.8 Å². The fourth-order valence-electron chi connectivity index (χ4n) is 1.10. The molecule has 0 radical (unpaired) electrons. The lowest BCUT2D eigenvalue weighted by Crippen LogP contribution is -2.40. The van der Waals surface area contributed by atoms with Crippen LogP contribution in [0.5, 0.6) is 0 Å². The molecule has 4 heteroatoms. The van der Waals surface area contributed by atoms with E-state index in [-0.39, 0.29) is 18.7 Å². The van der Waals surface area contributed by atoms with Crippen molar-refractivity contribution in [3.05, 3.63) is 0 Å². The summed E-state index contributed by atoms with van der Waals surface area (Å²) in [5.74, 6) is 0. The lowest BCUT2D eigenvalue weighted by molar-refractivity contribution is 0.145. The Labute approximate surface area is 79.5 Å². The molecule has 0 saturated carbocycles. The highest BCUT2D eigenvalue weighted by Gasteiger charge is 2.12. The van der Waals surface area contributed by atoms with Crippen LogP contribution < -0.4 is 5.32 Å². The minimum absolute atomic E-state index is 0.0691. The Morgan fingerprint density at radius 3 is 2.69 bits per heavy atom. The molecule has 2 unspecified atom stereocenters. The molecule has 0 amide bonds. The molecule has 0 saturated heterocycles. The summed E-state index contributed by atoms with van der Waals surface area (Å²) in [4.78, 5) is 0. The van der Waals surface area contributed by atoms with Gasteiger partial charge < -0.3 is 9.84 Å². The fourth-order valence-corrected chi connectivity index (χ4v) is 1.10. The van der Waals surface area contributed by atoms with Gasteiger partial charge in [0.05, 0.1) is 18.7 Å². The number of ether oxygens (including phenoxy) is 1. The van der Waals surface area contributed by atoms with Crippen molar-refractivity contribution in [3.63, 3.8) is 0 Å². The molecule has 0 aromatic carbocycles. The van der Waals surface area contributed by atoms with Crippen LogP contribution in [0.3, 0.4) is 0 Å². The maximum atomic E-state index is 8.74. The standard InChI is InChI=1S/C9H18N2O2/c1-3-8(6-10)11-9(4-5-12)7-13-2/h8-9,11-12H,3-5,7H2,1-2H3. The van der Waals surface area contributed by atoms with Gasteiger partial charge in [-0.2, -0.15) is 5.26 Å². The molecular formula is C9H18N2O2. The van der Waals surface area contributed by atoms with Crippen LogP contribution in [0.1, 0.15) is 19.8 Å². The van der Waals surface area contributed by atoms with Crippen LogP contribution in [-0.2, 0) is 4.74 Å². The summed E-state index contributed by atoms with van der Waals surface area (Å²) in [5.41, 5.74) is 0. The Kier molecular flexibility index (Phi) is 7.60. The van der Waals surface area contributed by atoms with Gasteiger partial charge in [-0.05, 0) is 12.8 Å². The van der Waals surface area contributed by atoms with Gasteiger partial charge in [-0.15, -0.1) is 0 Å². The summed E-state index contributed by atoms with van der Waals surface area (Å²) in [6.45, 7) is 2.59. The van der Waals surface area contributed by atoms with Gasteiger partial charge >= 0.3 is 0 Å². The van der Waals surface area contributed by atoms with Gasteiger partial charge in [0.1, 0.15) is 0 Å². The smallest absolute Gasteiger partial charge is 0.0953 e. The van der Waals surface area contributed by atoms with E-state index in [1.165, 1.54) is 0 Å². The molecule has 13 heavy (non-hydrogen) atoms. The Morgan fingerprint density at radius 2 is 2.31 bits per heavy atom. The lowest BCUT2D eigenvalue weighted by atomic mass is 10.1. The van der Waals surface area contributed by atoms with E-state index in [4.69, 9.17) is 15.1 Å². The summed E-state index contributed by atoms with van der Waals surface area (Å²) in [6.07, 6.45) is 1.38. The molecule has 0 fully saturated rings. The van der Waals surface area contributed by atoms with Crippen molar-refractivity contribution in [1.82, 2.24) is 5.32 Å². The normalized spacial score (nSPS) is 14.9. The average molecular weight is 186 g/mol. The number of hydrogen-bond donors (Lipinski definition) is 2. The zero-order valence-corrected chi connectivity index (χ0v) is 8.29. The van der Waals surface area contributed by atoms with E-state index < -0.39 is 0 Å². The second kappa shape index (κ2) is 7.99. The summed E-state index contributed by atoms with van der Waals surface area (Å²) in [6, 6.07) is 2.07. The summed E-state index contributed by atoms with van der Waals surface area (Å²) in [5, 5.41) is 20.5. The van der Waals surface area contributed by atoms with Crippen molar-refractivity contribution in [2.75, 3.05) is 20.3 Å². The minimum Gasteiger partial charge on any atom is -0.396 e. The van der Waals surface area contributed by atoms with Crippen molar-refractivity contribution < 1.29 is 9.84 Å². The second-order valence-corrected chi connectivity index (χ2v) is 2.92. The minimum atomic E-state index is -0.147. The number of nitrogens with one attached hydrogen (secondary N) is 1. The van der Waals surface area contributed by atoms with Crippen molar-refractivity contribution in [3.8, 4) is 6.07 Å². The van der Waals surface area contributed by atoms with Gasteiger partial charge in [-0.25, -0.2) is 0 Å². The number of aliphatic hydroxyl groups is 1. The number of methoxy groups -OCH3 is 1. The molecule has 0 spiro atoms. The second-order valence-electron chi connectivity index (χ2n) is 2.92. The van der Waals surface area contributed by atoms with E-state index in [1.807, 2.05) is 6.92 Å². The third-order valence-electron chi connectivity index (χ3n) is 1.85. The predicted octanol–water partition coefficient (Wildman–Crippen LogP) is 0.276. The van der Waals surface area contributed by atoms with Crippen LogP contribution in [0.2, 0.25) is 0 Å². The van der Waals surface area contributed by atoms with Gasteiger partial charge in [-0.3, -0.25) is 5.32 Å². The van der Waals surface area contributed by atoms with E-state index >= 15 is 0 Å². The van der Waals surface area contributed by atoms with Crippen molar-refractivity contribution in [2.24, 2.45) is 0 Å². The van der Waals surface area contributed by atoms with E-state index in [2.05, 4.69) is 11.4 Å². The average Bonchev–Trinajstić information content (AvgIpc) is 2.14. The topological polar surface area (TPSA) is 65.3 Å². The first-order valence-electron chi connectivity index (χ1n) is 4.53. The lowest BCUT2D eigenvalue weighted by Gasteiger charge is -2.19. The van der Waals surface area contributed by atoms with Crippen LogP contribution in [0.4, 0.5) is 0 Å². The van der Waals surface area contributed by atoms with Gasteiger partial charge in [0.25, 0.3) is 0 Å². The molecule has 0 aliphatic rings. The first kappa shape index (κ1) is 12.4. The SMILES string of the molecule is CCC(C#N)NC(CCO)COC. The maximum Gasteiger partial charge on any atom is 0.0953 e. The largest absolute Gasteiger partial charge is 0.396 e. The van der Waals surface area contributed by atoms with Crippen LogP contribution in [0, 0.1) is 11.3 Å². The molecule has 0 heterocycles. The van der Waals surface area contributed by atoms with Crippen LogP contribution in [-0.4, -0.2) is 37.5 Å². The van der Waals surface area contributed by atoms with E-state index in [1.54, 1.807) is 7.11 Å². The molecule has 0 aromatic heterocycles. The number of aliphatic hydroxyl groups excluding tert-OH is 1. The number of nitrogens with zero attached hydrogens (tertiary/aromatic N) is 1. The van der Waals surface area contributed by atoms with Crippen LogP contribution in [0.15, 0.2) is 0 Å². The summed E-state index contributed by atoms with van der Waals surface area (Å²) >= 11 is 0. The zero-order chi connectivity index (χ0) is 10.1. The fraction of sp³-hybridized carbons (Fsp3) is 0.889. The zero-order valence-electron chi connectivity index (χ0n) is 8.29. The Balaban J connectivity index is 3.85. The van der Waals surface area contributed by atoms with Gasteiger partial charge in [-0.1, -0.05) is 6.92 Å². The van der Waals surface area contributed by atoms with Crippen molar-refractivity contribution in [2.45, 2.75) is 31.8 Å². The molecule has 0 bridgehead atoms. The van der Waals surface area contributed by atoms with Crippen LogP contribution in [0.25, 0.3) is 0 Å². The molecule has 0 rings (SSSR count). The number of rotatable bonds is 7. The Hall–Kier alpha value is -0.630. The van der Waals surface area contributed by atoms with Crippen LogP contribution >= 0.6 is 0 Å². The molecule has 2 N–H and O–H groups in total. The maximum absolute atomic E-state index is 8.74. The van der Waals surface area contributed by atoms with Crippen molar-refractivity contribution in [1.29, 1.82) is 5.26 Å². The van der Waals surface area contributed by atoms with E-state index in [0.717, 1.165) is 6.42 Å². The summed E-state index contributed by atoms with van der Waals surface area (Å²) < 4.78 is 4.96. The Bertz CT molecular complexity index is 150. The molecule has 4 nitrogen and oxygen atoms in total. The first-order chi connectivity index (χ1) is 6.28. The summed E-state index contributed by atoms with van der Waals surface area (Å²) in [7, 11) is 1.61. The molecule has 0 aromatic rings. The number of hydrogen-bond acceptors (Lipinski definition) is 4. The van der Waals surface area contributed by atoms with Gasteiger partial charge in [0.15, 0.2) is 0 Å². The highest BCUT2D eigenvalue weighted by Crippen LogP contribution is 1.97. The van der Waals surface area contributed by atoms with Gasteiger partial charge in [0.2, 0.25) is 0 Å². The highest BCUT2D eigenvalue weighted by atomic mass is 16.5. The third kappa shape index (κ3) is 5.58. The molecule has 0 aliphatic carbocycles. The highest BCUT2D eigenvalue weighted by molar-refractivity contribution is 4.90. The third-order valence-corrected chi connectivity index (χ3v) is 1.85.